The first-order chi connectivity index (χ1) is 7.84. The van der Waals surface area contributed by atoms with Crippen LogP contribution in [0, 0.1) is 5.92 Å². The number of rotatable bonds is 5. The van der Waals surface area contributed by atoms with Gasteiger partial charge in [-0.3, -0.25) is 4.79 Å². The number of carbonyl (C=O) groups excluding carboxylic acids is 1. The Kier molecular flexibility index (Phi) is 4.97. The van der Waals surface area contributed by atoms with Crippen molar-refractivity contribution in [3.05, 3.63) is 0 Å². The van der Waals surface area contributed by atoms with E-state index in [1.807, 2.05) is 11.8 Å². The Morgan fingerprint density at radius 3 is 2.75 bits per heavy atom. The van der Waals surface area contributed by atoms with Gasteiger partial charge in [0.05, 0.1) is 6.54 Å². The monoisotopic (exact) mass is 242 g/mol. The molecule has 1 heterocycles. The third kappa shape index (κ3) is 3.98. The Hall–Kier alpha value is -0.220. The molecular weight excluding hydrogens is 220 g/mol. The van der Waals surface area contributed by atoms with E-state index in [-0.39, 0.29) is 5.91 Å². The molecule has 0 spiro atoms. The minimum absolute atomic E-state index is 0.178. The fourth-order valence-corrected chi connectivity index (χ4v) is 3.77. The smallest absolute Gasteiger partial charge is 0.234 e. The van der Waals surface area contributed by atoms with Crippen LogP contribution >= 0.6 is 11.8 Å². The van der Waals surface area contributed by atoms with Crippen molar-refractivity contribution in [3.8, 4) is 0 Å². The lowest BCUT2D eigenvalue weighted by Crippen LogP contribution is -2.40. The van der Waals surface area contributed by atoms with Crippen LogP contribution in [0.2, 0.25) is 0 Å². The van der Waals surface area contributed by atoms with Gasteiger partial charge in [0.15, 0.2) is 0 Å². The molecule has 0 aromatic rings. The highest BCUT2D eigenvalue weighted by Crippen LogP contribution is 2.22. The molecule has 1 aliphatic carbocycles. The molecule has 1 aliphatic heterocycles. The van der Waals surface area contributed by atoms with Crippen molar-refractivity contribution in [2.24, 2.45) is 5.92 Å². The predicted molar refractivity (Wildman–Crippen MR) is 68.7 cm³/mol. The van der Waals surface area contributed by atoms with Gasteiger partial charge in [0.25, 0.3) is 0 Å². The number of hydrogen-bond acceptors (Lipinski definition) is 3. The third-order valence-electron chi connectivity index (χ3n) is 3.46. The fourth-order valence-electron chi connectivity index (χ4n) is 2.48. The van der Waals surface area contributed by atoms with Gasteiger partial charge in [-0.25, -0.2) is 0 Å². The van der Waals surface area contributed by atoms with Gasteiger partial charge in [0.1, 0.15) is 0 Å². The average molecular weight is 242 g/mol. The second-order valence-electron chi connectivity index (χ2n) is 4.91. The molecule has 0 aromatic carbocycles. The van der Waals surface area contributed by atoms with Crippen LogP contribution in [0.5, 0.6) is 0 Å². The number of hydrogen-bond donors (Lipinski definition) is 2. The van der Waals surface area contributed by atoms with E-state index in [9.17, 15) is 4.79 Å². The van der Waals surface area contributed by atoms with Gasteiger partial charge < -0.3 is 10.6 Å². The quantitative estimate of drug-likeness (QED) is 0.765. The Morgan fingerprint density at radius 2 is 2.06 bits per heavy atom. The summed E-state index contributed by atoms with van der Waals surface area (Å²) in [7, 11) is 0. The number of nitrogens with one attached hydrogen (secondary N) is 2. The van der Waals surface area contributed by atoms with Crippen molar-refractivity contribution in [1.29, 1.82) is 0 Å². The van der Waals surface area contributed by atoms with Crippen molar-refractivity contribution in [1.82, 2.24) is 10.6 Å². The standard InChI is InChI=1S/C12H22N2OS/c15-12(14-11-3-1-2-4-11)8-13-7-10-5-6-16-9-10/h10-11,13H,1-9H2,(H,14,15). The van der Waals surface area contributed by atoms with Crippen LogP contribution in [0.3, 0.4) is 0 Å². The second kappa shape index (κ2) is 6.50. The first kappa shape index (κ1) is 12.2. The van der Waals surface area contributed by atoms with Crippen LogP contribution < -0.4 is 10.6 Å². The first-order valence-electron chi connectivity index (χ1n) is 6.42. The van der Waals surface area contributed by atoms with Gasteiger partial charge in [-0.15, -0.1) is 0 Å². The van der Waals surface area contributed by atoms with Gasteiger partial charge in [-0.2, -0.15) is 11.8 Å². The van der Waals surface area contributed by atoms with Crippen LogP contribution in [0.1, 0.15) is 32.1 Å². The van der Waals surface area contributed by atoms with E-state index in [2.05, 4.69) is 10.6 Å². The van der Waals surface area contributed by atoms with Crippen LogP contribution in [0.15, 0.2) is 0 Å². The van der Waals surface area contributed by atoms with Crippen molar-refractivity contribution >= 4 is 17.7 Å². The lowest BCUT2D eigenvalue weighted by atomic mass is 10.1. The van der Waals surface area contributed by atoms with Crippen LogP contribution in [0.25, 0.3) is 0 Å². The van der Waals surface area contributed by atoms with E-state index in [1.165, 1.54) is 43.6 Å². The van der Waals surface area contributed by atoms with Gasteiger partial charge >= 0.3 is 0 Å². The summed E-state index contributed by atoms with van der Waals surface area (Å²) in [5, 5.41) is 6.37. The summed E-state index contributed by atoms with van der Waals surface area (Å²) < 4.78 is 0. The molecule has 1 amide bonds. The van der Waals surface area contributed by atoms with Crippen LogP contribution in [-0.2, 0) is 4.79 Å². The maximum absolute atomic E-state index is 11.6. The van der Waals surface area contributed by atoms with Crippen molar-refractivity contribution in [2.45, 2.75) is 38.1 Å². The highest BCUT2D eigenvalue weighted by atomic mass is 32.2. The number of carbonyl (C=O) groups is 1. The van der Waals surface area contributed by atoms with E-state index in [0.717, 1.165) is 12.5 Å². The van der Waals surface area contributed by atoms with Gasteiger partial charge in [0, 0.05) is 6.04 Å². The zero-order chi connectivity index (χ0) is 11.2. The van der Waals surface area contributed by atoms with Crippen LogP contribution in [0.4, 0.5) is 0 Å². The Bertz CT molecular complexity index is 223. The molecule has 2 aliphatic rings. The zero-order valence-corrected chi connectivity index (χ0v) is 10.7. The Morgan fingerprint density at radius 1 is 1.25 bits per heavy atom. The van der Waals surface area contributed by atoms with E-state index < -0.39 is 0 Å². The summed E-state index contributed by atoms with van der Waals surface area (Å²) >= 11 is 2.03. The largest absolute Gasteiger partial charge is 0.352 e. The van der Waals surface area contributed by atoms with Crippen molar-refractivity contribution in [3.63, 3.8) is 0 Å². The first-order valence-corrected chi connectivity index (χ1v) is 7.58. The van der Waals surface area contributed by atoms with Gasteiger partial charge in [-0.05, 0) is 43.2 Å². The van der Waals surface area contributed by atoms with Crippen LogP contribution in [-0.4, -0.2) is 36.5 Å². The molecule has 0 aromatic heterocycles. The molecule has 16 heavy (non-hydrogen) atoms. The van der Waals surface area contributed by atoms with E-state index in [1.54, 1.807) is 0 Å². The van der Waals surface area contributed by atoms with Gasteiger partial charge in [-0.1, -0.05) is 12.8 Å². The molecule has 3 nitrogen and oxygen atoms in total. The van der Waals surface area contributed by atoms with E-state index >= 15 is 0 Å². The summed E-state index contributed by atoms with van der Waals surface area (Å²) in [4.78, 5) is 11.6. The lowest BCUT2D eigenvalue weighted by Gasteiger charge is -2.13. The maximum atomic E-state index is 11.6. The Balaban J connectivity index is 1.52. The molecule has 0 radical (unpaired) electrons. The second-order valence-corrected chi connectivity index (χ2v) is 6.06. The molecule has 1 saturated carbocycles. The topological polar surface area (TPSA) is 41.1 Å². The normalized spacial score (nSPS) is 26.1. The molecule has 0 bridgehead atoms. The number of thioether (sulfide) groups is 1. The maximum Gasteiger partial charge on any atom is 0.234 e. The van der Waals surface area contributed by atoms with Crippen molar-refractivity contribution in [2.75, 3.05) is 24.6 Å². The summed E-state index contributed by atoms with van der Waals surface area (Å²) in [6.07, 6.45) is 6.20. The number of amides is 1. The fraction of sp³-hybridized carbons (Fsp3) is 0.917. The summed E-state index contributed by atoms with van der Waals surface area (Å²) in [5.41, 5.74) is 0. The summed E-state index contributed by atoms with van der Waals surface area (Å²) in [5.74, 6) is 3.51. The minimum atomic E-state index is 0.178. The molecule has 4 heteroatoms. The molecule has 2 N–H and O–H groups in total. The summed E-state index contributed by atoms with van der Waals surface area (Å²) in [6.45, 7) is 1.50. The molecule has 1 unspecified atom stereocenters. The highest BCUT2D eigenvalue weighted by molar-refractivity contribution is 7.99. The predicted octanol–water partition coefficient (Wildman–Crippen LogP) is 1.39. The molecular formula is C12H22N2OS. The van der Waals surface area contributed by atoms with Gasteiger partial charge in [0.2, 0.25) is 5.91 Å². The molecule has 92 valence electrons. The summed E-state index contributed by atoms with van der Waals surface area (Å²) in [6, 6.07) is 0.455. The van der Waals surface area contributed by atoms with Crippen molar-refractivity contribution < 1.29 is 4.79 Å². The minimum Gasteiger partial charge on any atom is -0.352 e. The molecule has 2 rings (SSSR count). The third-order valence-corrected chi connectivity index (χ3v) is 4.69. The Labute approximate surface area is 102 Å². The van der Waals surface area contributed by atoms with E-state index in [4.69, 9.17) is 0 Å². The highest BCUT2D eigenvalue weighted by Gasteiger charge is 2.18. The average Bonchev–Trinajstić information content (AvgIpc) is 2.90. The molecule has 1 saturated heterocycles. The molecule has 1 atom stereocenters. The lowest BCUT2D eigenvalue weighted by molar-refractivity contribution is -0.120. The van der Waals surface area contributed by atoms with E-state index in [0.29, 0.717) is 12.6 Å². The SMILES string of the molecule is O=C(CNCC1CCSC1)NC1CCCC1. The zero-order valence-electron chi connectivity index (χ0n) is 9.84. The molecule has 2 fully saturated rings.